The van der Waals surface area contributed by atoms with E-state index in [9.17, 15) is 0 Å². The first-order valence-corrected chi connectivity index (χ1v) is 9.17. The number of rotatable bonds is 5. The standard InChI is InChI=1S/C17H25BrN4O/c1-11-4-6-13(7-5-11)15-8-14(18)16-9-19-17(21-22(15)16)20-12(2)10-23-3/h8-9,11-13H,4-7,10H2,1-3H3,(H,20,21)/t11-,12-,13+/m0/s1. The Kier molecular flexibility index (Phi) is 5.21. The molecule has 1 N–H and O–H groups in total. The second kappa shape index (κ2) is 7.18. The highest BCUT2D eigenvalue weighted by Crippen LogP contribution is 2.37. The summed E-state index contributed by atoms with van der Waals surface area (Å²) in [4.78, 5) is 4.43. The Bertz CT molecular complexity index is 664. The maximum absolute atomic E-state index is 5.16. The van der Waals surface area contributed by atoms with Crippen LogP contribution in [0.2, 0.25) is 0 Å². The lowest BCUT2D eigenvalue weighted by Crippen LogP contribution is -2.23. The van der Waals surface area contributed by atoms with Crippen molar-refractivity contribution < 1.29 is 4.74 Å². The molecule has 0 aromatic carbocycles. The zero-order valence-corrected chi connectivity index (χ0v) is 15.6. The van der Waals surface area contributed by atoms with E-state index in [0.29, 0.717) is 18.5 Å². The van der Waals surface area contributed by atoms with Gasteiger partial charge in [-0.3, -0.25) is 0 Å². The van der Waals surface area contributed by atoms with Crippen molar-refractivity contribution >= 4 is 27.4 Å². The van der Waals surface area contributed by atoms with Crippen molar-refractivity contribution in [3.63, 3.8) is 0 Å². The van der Waals surface area contributed by atoms with Crippen LogP contribution in [-0.2, 0) is 4.74 Å². The number of hydrogen-bond acceptors (Lipinski definition) is 4. The van der Waals surface area contributed by atoms with Gasteiger partial charge in [0.15, 0.2) is 0 Å². The summed E-state index contributed by atoms with van der Waals surface area (Å²) in [5, 5.41) is 8.02. The molecule has 0 amide bonds. The fraction of sp³-hybridized carbons (Fsp3) is 0.647. The van der Waals surface area contributed by atoms with E-state index in [1.807, 2.05) is 6.20 Å². The number of ether oxygens (including phenoxy) is 1. The first-order valence-electron chi connectivity index (χ1n) is 8.38. The molecule has 0 aliphatic heterocycles. The average molecular weight is 381 g/mol. The molecule has 126 valence electrons. The summed E-state index contributed by atoms with van der Waals surface area (Å²) >= 11 is 3.66. The number of halogens is 1. The normalized spacial score (nSPS) is 23.1. The molecule has 23 heavy (non-hydrogen) atoms. The molecule has 2 heterocycles. The molecule has 2 aromatic heterocycles. The highest BCUT2D eigenvalue weighted by atomic mass is 79.9. The molecule has 1 atom stereocenters. The largest absolute Gasteiger partial charge is 0.383 e. The van der Waals surface area contributed by atoms with Crippen LogP contribution >= 0.6 is 15.9 Å². The lowest BCUT2D eigenvalue weighted by atomic mass is 9.81. The summed E-state index contributed by atoms with van der Waals surface area (Å²) in [6.45, 7) is 5.04. The number of methoxy groups -OCH3 is 1. The van der Waals surface area contributed by atoms with Gasteiger partial charge in [0.1, 0.15) is 0 Å². The van der Waals surface area contributed by atoms with E-state index in [1.165, 1.54) is 31.4 Å². The van der Waals surface area contributed by atoms with Crippen molar-refractivity contribution in [3.8, 4) is 0 Å². The Morgan fingerprint density at radius 1 is 1.39 bits per heavy atom. The number of anilines is 1. The third-order valence-corrected chi connectivity index (χ3v) is 5.36. The van der Waals surface area contributed by atoms with Gasteiger partial charge in [0.05, 0.1) is 18.3 Å². The minimum Gasteiger partial charge on any atom is -0.383 e. The van der Waals surface area contributed by atoms with Crippen molar-refractivity contribution in [1.29, 1.82) is 0 Å². The maximum atomic E-state index is 5.16. The number of nitrogens with zero attached hydrogens (tertiary/aromatic N) is 3. The summed E-state index contributed by atoms with van der Waals surface area (Å²) in [7, 11) is 1.70. The fourth-order valence-electron chi connectivity index (χ4n) is 3.40. The van der Waals surface area contributed by atoms with Gasteiger partial charge in [0.2, 0.25) is 5.95 Å². The first kappa shape index (κ1) is 16.7. The van der Waals surface area contributed by atoms with Gasteiger partial charge >= 0.3 is 0 Å². The molecule has 5 nitrogen and oxygen atoms in total. The molecular formula is C17H25BrN4O. The second-order valence-corrected chi connectivity index (χ2v) is 7.61. The molecule has 1 fully saturated rings. The quantitative estimate of drug-likeness (QED) is 0.842. The van der Waals surface area contributed by atoms with Gasteiger partial charge in [0.25, 0.3) is 0 Å². The van der Waals surface area contributed by atoms with Crippen LogP contribution in [0.5, 0.6) is 0 Å². The smallest absolute Gasteiger partial charge is 0.241 e. The van der Waals surface area contributed by atoms with Crippen molar-refractivity contribution in [2.45, 2.75) is 51.5 Å². The number of aromatic nitrogens is 3. The average Bonchev–Trinajstić information content (AvgIpc) is 2.85. The van der Waals surface area contributed by atoms with Gasteiger partial charge < -0.3 is 10.1 Å². The van der Waals surface area contributed by atoms with Gasteiger partial charge in [-0.25, -0.2) is 9.50 Å². The monoisotopic (exact) mass is 380 g/mol. The zero-order valence-electron chi connectivity index (χ0n) is 14.1. The van der Waals surface area contributed by atoms with E-state index >= 15 is 0 Å². The SMILES string of the molecule is COC[C@H](C)Nc1ncc2c(Br)cc([C@H]3CC[C@@H](C)CC3)n2n1. The molecule has 3 rings (SSSR count). The van der Waals surface area contributed by atoms with E-state index in [4.69, 9.17) is 9.84 Å². The van der Waals surface area contributed by atoms with Crippen molar-refractivity contribution in [3.05, 3.63) is 22.4 Å². The molecule has 2 aromatic rings. The van der Waals surface area contributed by atoms with E-state index < -0.39 is 0 Å². The predicted octanol–water partition coefficient (Wildman–Crippen LogP) is 4.23. The van der Waals surface area contributed by atoms with Gasteiger partial charge in [-0.05, 0) is 47.7 Å². The Labute approximate surface area is 145 Å². The van der Waals surface area contributed by atoms with Crippen LogP contribution in [0, 0.1) is 5.92 Å². The molecule has 6 heteroatoms. The van der Waals surface area contributed by atoms with Crippen molar-refractivity contribution in [2.24, 2.45) is 5.92 Å². The minimum atomic E-state index is 0.176. The summed E-state index contributed by atoms with van der Waals surface area (Å²) in [6.07, 6.45) is 6.97. The van der Waals surface area contributed by atoms with Gasteiger partial charge in [0, 0.05) is 29.2 Å². The summed E-state index contributed by atoms with van der Waals surface area (Å²) in [6, 6.07) is 2.39. The highest BCUT2D eigenvalue weighted by molar-refractivity contribution is 9.10. The van der Waals surface area contributed by atoms with Crippen LogP contribution in [0.3, 0.4) is 0 Å². The number of nitrogens with one attached hydrogen (secondary N) is 1. The lowest BCUT2D eigenvalue weighted by Gasteiger charge is -2.25. The Morgan fingerprint density at radius 2 is 2.13 bits per heavy atom. The fourth-order valence-corrected chi connectivity index (χ4v) is 3.91. The van der Waals surface area contributed by atoms with Gasteiger partial charge in [-0.1, -0.05) is 19.8 Å². The summed E-state index contributed by atoms with van der Waals surface area (Å²) < 4.78 is 8.29. The minimum absolute atomic E-state index is 0.176. The van der Waals surface area contributed by atoms with E-state index in [-0.39, 0.29) is 6.04 Å². The first-order chi connectivity index (χ1) is 11.1. The number of hydrogen-bond donors (Lipinski definition) is 1. The van der Waals surface area contributed by atoms with Gasteiger partial charge in [-0.2, -0.15) is 0 Å². The van der Waals surface area contributed by atoms with Gasteiger partial charge in [-0.15, -0.1) is 5.10 Å². The Morgan fingerprint density at radius 3 is 2.83 bits per heavy atom. The van der Waals surface area contributed by atoms with E-state index in [0.717, 1.165) is 15.9 Å². The molecule has 1 aliphatic carbocycles. The molecule has 0 bridgehead atoms. The van der Waals surface area contributed by atoms with Crippen molar-refractivity contribution in [2.75, 3.05) is 19.0 Å². The lowest BCUT2D eigenvalue weighted by molar-refractivity contribution is 0.190. The van der Waals surface area contributed by atoms with E-state index in [2.05, 4.69) is 50.7 Å². The zero-order chi connectivity index (χ0) is 16.4. The number of fused-ring (bicyclic) bond motifs is 1. The second-order valence-electron chi connectivity index (χ2n) is 6.75. The molecule has 1 saturated carbocycles. The van der Waals surface area contributed by atoms with Crippen LogP contribution in [0.15, 0.2) is 16.7 Å². The molecule has 0 spiro atoms. The molecule has 1 aliphatic rings. The Balaban J connectivity index is 1.89. The van der Waals surface area contributed by atoms with Crippen LogP contribution in [0.1, 0.15) is 51.1 Å². The highest BCUT2D eigenvalue weighted by Gasteiger charge is 2.24. The maximum Gasteiger partial charge on any atom is 0.241 e. The summed E-state index contributed by atoms with van der Waals surface area (Å²) in [5.74, 6) is 2.09. The third kappa shape index (κ3) is 3.69. The molecule has 0 unspecified atom stereocenters. The predicted molar refractivity (Wildman–Crippen MR) is 96.0 cm³/mol. The Hall–Kier alpha value is -1.14. The van der Waals surface area contributed by atoms with Crippen LogP contribution in [0.25, 0.3) is 5.52 Å². The van der Waals surface area contributed by atoms with Crippen LogP contribution in [0.4, 0.5) is 5.95 Å². The third-order valence-electron chi connectivity index (χ3n) is 4.72. The summed E-state index contributed by atoms with van der Waals surface area (Å²) in [5.41, 5.74) is 2.33. The molecule has 0 radical (unpaired) electrons. The molecule has 0 saturated heterocycles. The van der Waals surface area contributed by atoms with E-state index in [1.54, 1.807) is 7.11 Å². The van der Waals surface area contributed by atoms with Crippen LogP contribution in [-0.4, -0.2) is 34.4 Å². The van der Waals surface area contributed by atoms with Crippen molar-refractivity contribution in [1.82, 2.24) is 14.6 Å². The van der Waals surface area contributed by atoms with Crippen LogP contribution < -0.4 is 5.32 Å². The topological polar surface area (TPSA) is 51.5 Å². The molecular weight excluding hydrogens is 356 g/mol.